The first-order valence-corrected chi connectivity index (χ1v) is 7.25. The van der Waals surface area contributed by atoms with Gasteiger partial charge in [-0.1, -0.05) is 25.5 Å². The molecule has 0 fully saturated rings. The van der Waals surface area contributed by atoms with Gasteiger partial charge in [0.1, 0.15) is 11.4 Å². The highest BCUT2D eigenvalue weighted by Gasteiger charge is 2.15. The number of benzene rings is 1. The Hall–Kier alpha value is -2.70. The van der Waals surface area contributed by atoms with Crippen LogP contribution in [0.1, 0.15) is 25.5 Å². The zero-order valence-corrected chi connectivity index (χ0v) is 12.5. The number of aryl methyl sites for hydroxylation is 1. The lowest BCUT2D eigenvalue weighted by Gasteiger charge is -2.09. The summed E-state index contributed by atoms with van der Waals surface area (Å²) in [6, 6.07) is 7.61. The third-order valence-electron chi connectivity index (χ3n) is 3.33. The van der Waals surface area contributed by atoms with Crippen molar-refractivity contribution in [1.29, 1.82) is 0 Å². The first-order chi connectivity index (χ1) is 10.7. The fourth-order valence-electron chi connectivity index (χ4n) is 2.11. The molecule has 0 spiro atoms. The molecule has 0 saturated carbocycles. The van der Waals surface area contributed by atoms with Gasteiger partial charge in [-0.05, 0) is 25.5 Å². The number of hydrogen-bond donors (Lipinski definition) is 1. The van der Waals surface area contributed by atoms with Crippen LogP contribution in [0.15, 0.2) is 29.1 Å². The van der Waals surface area contributed by atoms with Crippen molar-refractivity contribution in [2.75, 3.05) is 6.61 Å². The van der Waals surface area contributed by atoms with Crippen molar-refractivity contribution in [3.63, 3.8) is 0 Å². The molecule has 0 unspecified atom stereocenters. The molecule has 3 rings (SSSR count). The Bertz CT molecular complexity index is 853. The van der Waals surface area contributed by atoms with Gasteiger partial charge < -0.3 is 4.74 Å². The highest BCUT2D eigenvalue weighted by atomic mass is 16.5. The molecule has 3 aromatic rings. The molecular weight excluding hydrogens is 282 g/mol. The van der Waals surface area contributed by atoms with E-state index in [1.54, 1.807) is 6.92 Å². The van der Waals surface area contributed by atoms with E-state index in [1.165, 1.54) is 4.52 Å². The number of aromatic amines is 1. The Morgan fingerprint density at radius 1 is 1.27 bits per heavy atom. The zero-order chi connectivity index (χ0) is 15.5. The summed E-state index contributed by atoms with van der Waals surface area (Å²) in [6.07, 6.45) is 2.05. The van der Waals surface area contributed by atoms with Crippen molar-refractivity contribution in [3.05, 3.63) is 40.3 Å². The monoisotopic (exact) mass is 299 g/mol. The van der Waals surface area contributed by atoms with E-state index in [9.17, 15) is 4.79 Å². The fourth-order valence-corrected chi connectivity index (χ4v) is 2.11. The minimum atomic E-state index is -0.265. The molecule has 0 aliphatic heterocycles. The summed E-state index contributed by atoms with van der Waals surface area (Å²) < 4.78 is 7.35. The quantitative estimate of drug-likeness (QED) is 0.728. The Balaban J connectivity index is 2.08. The summed E-state index contributed by atoms with van der Waals surface area (Å²) in [5.41, 5.74) is 0.891. The highest BCUT2D eigenvalue weighted by molar-refractivity contribution is 5.65. The molecule has 0 saturated heterocycles. The molecule has 2 heterocycles. The number of nitrogens with one attached hydrogen (secondary N) is 1. The van der Waals surface area contributed by atoms with E-state index in [2.05, 4.69) is 27.2 Å². The average molecular weight is 299 g/mol. The molecule has 0 atom stereocenters. The average Bonchev–Trinajstić information content (AvgIpc) is 2.91. The van der Waals surface area contributed by atoms with Gasteiger partial charge >= 0.3 is 0 Å². The van der Waals surface area contributed by atoms with Gasteiger partial charge in [0, 0.05) is 0 Å². The van der Waals surface area contributed by atoms with Gasteiger partial charge in [-0.15, -0.1) is 10.2 Å². The molecule has 114 valence electrons. The number of unbranched alkanes of at least 4 members (excludes halogenated alkanes) is 1. The Morgan fingerprint density at radius 2 is 2.09 bits per heavy atom. The molecule has 22 heavy (non-hydrogen) atoms. The van der Waals surface area contributed by atoms with Crippen LogP contribution in [-0.2, 0) is 0 Å². The first kappa shape index (κ1) is 14.2. The SMILES string of the molecule is CCCCOc1ccccc1-c1nnc2[nH]c(=O)c(C)nn12. The van der Waals surface area contributed by atoms with Gasteiger partial charge in [0.2, 0.25) is 0 Å². The normalized spacial score (nSPS) is 11.0. The molecular formula is C15H17N5O2. The Kier molecular flexibility index (Phi) is 3.86. The summed E-state index contributed by atoms with van der Waals surface area (Å²) in [5.74, 6) is 1.59. The third kappa shape index (κ3) is 2.57. The molecule has 1 N–H and O–H groups in total. The van der Waals surface area contributed by atoms with Gasteiger partial charge in [0.25, 0.3) is 11.3 Å². The van der Waals surface area contributed by atoms with E-state index in [0.29, 0.717) is 23.9 Å². The second-order valence-corrected chi connectivity index (χ2v) is 5.00. The van der Waals surface area contributed by atoms with Gasteiger partial charge in [-0.2, -0.15) is 9.61 Å². The van der Waals surface area contributed by atoms with Crippen LogP contribution in [-0.4, -0.2) is 31.4 Å². The van der Waals surface area contributed by atoms with Crippen molar-refractivity contribution in [1.82, 2.24) is 24.8 Å². The number of nitrogens with zero attached hydrogens (tertiary/aromatic N) is 4. The number of aromatic nitrogens is 5. The lowest BCUT2D eigenvalue weighted by atomic mass is 10.2. The summed E-state index contributed by atoms with van der Waals surface area (Å²) in [5, 5.41) is 12.4. The van der Waals surface area contributed by atoms with E-state index in [1.807, 2.05) is 24.3 Å². The molecule has 7 heteroatoms. The summed E-state index contributed by atoms with van der Waals surface area (Å²) in [7, 11) is 0. The number of para-hydroxylation sites is 1. The second kappa shape index (κ2) is 5.97. The van der Waals surface area contributed by atoms with E-state index in [4.69, 9.17) is 4.74 Å². The van der Waals surface area contributed by atoms with Crippen LogP contribution in [0.2, 0.25) is 0 Å². The third-order valence-corrected chi connectivity index (χ3v) is 3.33. The molecule has 1 aromatic carbocycles. The van der Waals surface area contributed by atoms with E-state index >= 15 is 0 Å². The lowest BCUT2D eigenvalue weighted by Crippen LogP contribution is -2.15. The fraction of sp³-hybridized carbons (Fsp3) is 0.333. The van der Waals surface area contributed by atoms with Crippen molar-refractivity contribution in [2.45, 2.75) is 26.7 Å². The minimum absolute atomic E-state index is 0.265. The van der Waals surface area contributed by atoms with Crippen molar-refractivity contribution >= 4 is 5.78 Å². The van der Waals surface area contributed by atoms with Crippen LogP contribution in [0.4, 0.5) is 0 Å². The number of fused-ring (bicyclic) bond motifs is 1. The van der Waals surface area contributed by atoms with E-state index < -0.39 is 0 Å². The smallest absolute Gasteiger partial charge is 0.273 e. The van der Waals surface area contributed by atoms with Crippen molar-refractivity contribution in [2.24, 2.45) is 0 Å². The zero-order valence-electron chi connectivity index (χ0n) is 12.5. The van der Waals surface area contributed by atoms with Crippen LogP contribution in [0.5, 0.6) is 5.75 Å². The van der Waals surface area contributed by atoms with Crippen molar-refractivity contribution in [3.8, 4) is 17.1 Å². The molecule has 0 bridgehead atoms. The number of H-pyrrole nitrogens is 1. The Morgan fingerprint density at radius 3 is 2.91 bits per heavy atom. The molecule has 0 radical (unpaired) electrons. The summed E-state index contributed by atoms with van der Waals surface area (Å²) >= 11 is 0. The number of rotatable bonds is 5. The largest absolute Gasteiger partial charge is 0.493 e. The molecule has 7 nitrogen and oxygen atoms in total. The first-order valence-electron chi connectivity index (χ1n) is 7.25. The molecule has 0 aliphatic carbocycles. The Labute approximate surface area is 127 Å². The van der Waals surface area contributed by atoms with Crippen LogP contribution >= 0.6 is 0 Å². The molecule has 2 aromatic heterocycles. The van der Waals surface area contributed by atoms with Crippen LogP contribution < -0.4 is 10.3 Å². The van der Waals surface area contributed by atoms with Crippen LogP contribution in [0, 0.1) is 6.92 Å². The maximum atomic E-state index is 11.6. The second-order valence-electron chi connectivity index (χ2n) is 5.00. The lowest BCUT2D eigenvalue weighted by molar-refractivity contribution is 0.310. The van der Waals surface area contributed by atoms with Gasteiger partial charge in [0.15, 0.2) is 5.82 Å². The maximum absolute atomic E-state index is 11.6. The summed E-state index contributed by atoms with van der Waals surface area (Å²) in [4.78, 5) is 14.2. The molecule has 0 amide bonds. The standard InChI is InChI=1S/C15H17N5O2/c1-3-4-9-22-12-8-6-5-7-11(12)13-17-18-15-16-14(21)10(2)19-20(13)15/h5-8H,3-4,9H2,1-2H3,(H,16,18,21). The minimum Gasteiger partial charge on any atom is -0.493 e. The van der Waals surface area contributed by atoms with Gasteiger partial charge in [-0.3, -0.25) is 9.78 Å². The predicted molar refractivity (Wildman–Crippen MR) is 82.0 cm³/mol. The van der Waals surface area contributed by atoms with Crippen LogP contribution in [0.3, 0.4) is 0 Å². The van der Waals surface area contributed by atoms with E-state index in [0.717, 1.165) is 24.2 Å². The molecule has 0 aliphatic rings. The van der Waals surface area contributed by atoms with Crippen molar-refractivity contribution < 1.29 is 4.74 Å². The maximum Gasteiger partial charge on any atom is 0.273 e. The number of ether oxygens (including phenoxy) is 1. The topological polar surface area (TPSA) is 85.2 Å². The predicted octanol–water partition coefficient (Wildman–Crippen LogP) is 1.97. The number of hydrogen-bond acceptors (Lipinski definition) is 5. The van der Waals surface area contributed by atoms with Gasteiger partial charge in [0.05, 0.1) is 12.2 Å². The van der Waals surface area contributed by atoms with Gasteiger partial charge in [-0.25, -0.2) is 0 Å². The van der Waals surface area contributed by atoms with Crippen LogP contribution in [0.25, 0.3) is 17.2 Å². The summed E-state index contributed by atoms with van der Waals surface area (Å²) in [6.45, 7) is 4.41. The highest BCUT2D eigenvalue weighted by Crippen LogP contribution is 2.28. The van der Waals surface area contributed by atoms with E-state index in [-0.39, 0.29) is 5.56 Å².